The zero-order valence-electron chi connectivity index (χ0n) is 15.5. The molecule has 3 rings (SSSR count). The third-order valence-electron chi connectivity index (χ3n) is 6.03. The second kappa shape index (κ2) is 7.34. The third-order valence-corrected chi connectivity index (χ3v) is 6.03. The molecule has 1 N–H and O–H groups in total. The van der Waals surface area contributed by atoms with Gasteiger partial charge in [-0.2, -0.15) is 0 Å². The van der Waals surface area contributed by atoms with Gasteiger partial charge in [0.05, 0.1) is 11.0 Å². The lowest BCUT2D eigenvalue weighted by Crippen LogP contribution is -2.43. The van der Waals surface area contributed by atoms with Gasteiger partial charge in [-0.1, -0.05) is 19.8 Å². The molecule has 1 saturated carbocycles. The Balaban J connectivity index is 1.65. The Morgan fingerprint density at radius 3 is 2.30 bits per heavy atom. The number of carbonyl (C=O) groups is 1. The van der Waals surface area contributed by atoms with Crippen molar-refractivity contribution in [3.63, 3.8) is 0 Å². The molecule has 4 nitrogen and oxygen atoms in total. The van der Waals surface area contributed by atoms with Crippen LogP contribution in [0.3, 0.4) is 0 Å². The molecular weight excluding hydrogens is 359 g/mol. The summed E-state index contributed by atoms with van der Waals surface area (Å²) < 4.78 is 40.7. The quantitative estimate of drug-likeness (QED) is 0.792. The minimum Gasteiger partial charge on any atom is -0.406 e. The van der Waals surface area contributed by atoms with E-state index < -0.39 is 17.4 Å². The first kappa shape index (κ1) is 20.0. The Kier molecular flexibility index (Phi) is 5.43. The number of alkyl halides is 3. The van der Waals surface area contributed by atoms with Gasteiger partial charge in [-0.3, -0.25) is 4.79 Å². The summed E-state index contributed by atoms with van der Waals surface area (Å²) in [5, 5.41) is 10.7. The molecule has 27 heavy (non-hydrogen) atoms. The molecule has 2 fully saturated rings. The molecule has 2 aliphatic rings. The topological polar surface area (TPSA) is 49.8 Å². The minimum atomic E-state index is -4.73. The number of hydrogen-bond acceptors (Lipinski definition) is 3. The first-order valence-corrected chi connectivity index (χ1v) is 9.57. The Labute approximate surface area is 157 Å². The number of hydrogen-bond donors (Lipinski definition) is 1. The molecule has 150 valence electrons. The normalized spacial score (nSPS) is 28.8. The molecule has 7 heteroatoms. The van der Waals surface area contributed by atoms with Crippen LogP contribution in [0.5, 0.6) is 5.75 Å². The molecular formula is C20H26F3NO3. The number of unbranched alkanes of at least 4 members (excludes halogenated alkanes) is 1. The zero-order chi connectivity index (χ0) is 19.7. The summed E-state index contributed by atoms with van der Waals surface area (Å²) >= 11 is 0. The fourth-order valence-corrected chi connectivity index (χ4v) is 4.31. The highest BCUT2D eigenvalue weighted by Gasteiger charge is 2.51. The van der Waals surface area contributed by atoms with Crippen molar-refractivity contribution in [3.8, 4) is 5.75 Å². The molecule has 1 aromatic carbocycles. The lowest BCUT2D eigenvalue weighted by molar-refractivity contribution is -0.274. The minimum absolute atomic E-state index is 0.0181. The number of rotatable bonds is 5. The summed E-state index contributed by atoms with van der Waals surface area (Å²) in [6.07, 6.45) is 1.37. The number of ether oxygens (including phenoxy) is 1. The maximum Gasteiger partial charge on any atom is 0.573 e. The average Bonchev–Trinajstić information content (AvgIpc) is 2.93. The molecule has 0 atom stereocenters. The number of aliphatic hydroxyl groups is 1. The SMILES string of the molecule is CCCC[C@]1(O)CC[C@@]2(CCN(c3ccc(OC(F)(F)F)cc3)C2=O)CC1. The van der Waals surface area contributed by atoms with Gasteiger partial charge < -0.3 is 14.7 Å². The van der Waals surface area contributed by atoms with E-state index >= 15 is 0 Å². The van der Waals surface area contributed by atoms with Crippen molar-refractivity contribution in [3.05, 3.63) is 24.3 Å². The molecule has 1 spiro atoms. The van der Waals surface area contributed by atoms with Gasteiger partial charge in [0.15, 0.2) is 0 Å². The van der Waals surface area contributed by atoms with Gasteiger partial charge in [0.25, 0.3) is 0 Å². The van der Waals surface area contributed by atoms with Crippen LogP contribution >= 0.6 is 0 Å². The van der Waals surface area contributed by atoms with Crippen molar-refractivity contribution in [1.29, 1.82) is 0 Å². The highest BCUT2D eigenvalue weighted by atomic mass is 19.4. The van der Waals surface area contributed by atoms with Gasteiger partial charge >= 0.3 is 6.36 Å². The molecule has 1 aliphatic heterocycles. The van der Waals surface area contributed by atoms with Crippen LogP contribution in [-0.2, 0) is 4.79 Å². The van der Waals surface area contributed by atoms with Crippen LogP contribution in [0, 0.1) is 5.41 Å². The first-order valence-electron chi connectivity index (χ1n) is 9.57. The van der Waals surface area contributed by atoms with Crippen LogP contribution in [0.15, 0.2) is 24.3 Å². The second-order valence-electron chi connectivity index (χ2n) is 7.86. The molecule has 0 radical (unpaired) electrons. The molecule has 1 aliphatic carbocycles. The van der Waals surface area contributed by atoms with E-state index in [1.807, 2.05) is 0 Å². The number of carbonyl (C=O) groups excluding carboxylic acids is 1. The van der Waals surface area contributed by atoms with Crippen molar-refractivity contribution in [2.24, 2.45) is 5.41 Å². The average molecular weight is 385 g/mol. The first-order chi connectivity index (χ1) is 12.7. The zero-order valence-corrected chi connectivity index (χ0v) is 15.5. The van der Waals surface area contributed by atoms with Crippen LogP contribution in [0.1, 0.15) is 58.3 Å². The molecule has 0 unspecified atom stereocenters. The summed E-state index contributed by atoms with van der Waals surface area (Å²) in [6, 6.07) is 5.42. The van der Waals surface area contributed by atoms with E-state index in [1.54, 1.807) is 4.90 Å². The van der Waals surface area contributed by atoms with Gasteiger partial charge in [-0.05, 0) is 62.8 Å². The number of halogens is 3. The number of benzene rings is 1. The van der Waals surface area contributed by atoms with Gasteiger partial charge in [0, 0.05) is 12.2 Å². The fraction of sp³-hybridized carbons (Fsp3) is 0.650. The van der Waals surface area contributed by atoms with Crippen LogP contribution in [0.4, 0.5) is 18.9 Å². The van der Waals surface area contributed by atoms with E-state index in [0.717, 1.165) is 25.7 Å². The van der Waals surface area contributed by atoms with E-state index in [4.69, 9.17) is 0 Å². The summed E-state index contributed by atoms with van der Waals surface area (Å²) in [7, 11) is 0. The predicted octanol–water partition coefficient (Wildman–Crippen LogP) is 4.80. The highest BCUT2D eigenvalue weighted by molar-refractivity contribution is 6.00. The Bertz CT molecular complexity index is 664. The summed E-state index contributed by atoms with van der Waals surface area (Å²) in [5.74, 6) is -0.282. The predicted molar refractivity (Wildman–Crippen MR) is 95.5 cm³/mol. The van der Waals surface area contributed by atoms with Gasteiger partial charge in [-0.25, -0.2) is 0 Å². The van der Waals surface area contributed by atoms with Crippen molar-refractivity contribution in [1.82, 2.24) is 0 Å². The van der Waals surface area contributed by atoms with Crippen LogP contribution in [0.2, 0.25) is 0 Å². The Morgan fingerprint density at radius 1 is 1.11 bits per heavy atom. The van der Waals surface area contributed by atoms with E-state index in [2.05, 4.69) is 11.7 Å². The summed E-state index contributed by atoms with van der Waals surface area (Å²) in [6.45, 7) is 2.64. The maximum atomic E-state index is 13.1. The van der Waals surface area contributed by atoms with Crippen LogP contribution < -0.4 is 9.64 Å². The molecule has 1 heterocycles. The Hall–Kier alpha value is -1.76. The second-order valence-corrected chi connectivity index (χ2v) is 7.86. The number of anilines is 1. The van der Waals surface area contributed by atoms with E-state index in [-0.39, 0.29) is 11.7 Å². The Morgan fingerprint density at radius 2 is 1.74 bits per heavy atom. The van der Waals surface area contributed by atoms with Crippen LogP contribution in [-0.4, -0.2) is 29.5 Å². The number of nitrogens with zero attached hydrogens (tertiary/aromatic N) is 1. The van der Waals surface area contributed by atoms with E-state index in [9.17, 15) is 23.1 Å². The lowest BCUT2D eigenvalue weighted by atomic mass is 9.66. The number of amides is 1. The smallest absolute Gasteiger partial charge is 0.406 e. The van der Waals surface area contributed by atoms with Crippen molar-refractivity contribution in [2.75, 3.05) is 11.4 Å². The maximum absolute atomic E-state index is 13.1. The van der Waals surface area contributed by atoms with Crippen LogP contribution in [0.25, 0.3) is 0 Å². The molecule has 1 aromatic rings. The van der Waals surface area contributed by atoms with Gasteiger partial charge in [0.2, 0.25) is 5.91 Å². The highest BCUT2D eigenvalue weighted by Crippen LogP contribution is 2.49. The third kappa shape index (κ3) is 4.39. The fourth-order valence-electron chi connectivity index (χ4n) is 4.31. The van der Waals surface area contributed by atoms with Gasteiger partial charge in [0.1, 0.15) is 5.75 Å². The molecule has 0 aromatic heterocycles. The van der Waals surface area contributed by atoms with Crippen molar-refractivity contribution < 1.29 is 27.8 Å². The molecule has 1 saturated heterocycles. The van der Waals surface area contributed by atoms with Crippen molar-refractivity contribution in [2.45, 2.75) is 70.3 Å². The van der Waals surface area contributed by atoms with Crippen molar-refractivity contribution >= 4 is 11.6 Å². The van der Waals surface area contributed by atoms with E-state index in [1.165, 1.54) is 24.3 Å². The van der Waals surface area contributed by atoms with E-state index in [0.29, 0.717) is 37.9 Å². The molecule has 1 amide bonds. The summed E-state index contributed by atoms with van der Waals surface area (Å²) in [5.41, 5.74) is -0.524. The monoisotopic (exact) mass is 385 g/mol. The largest absolute Gasteiger partial charge is 0.573 e. The lowest BCUT2D eigenvalue weighted by Gasteiger charge is -2.41. The summed E-state index contributed by atoms with van der Waals surface area (Å²) in [4.78, 5) is 14.7. The van der Waals surface area contributed by atoms with Gasteiger partial charge in [-0.15, -0.1) is 13.2 Å². The standard InChI is InChI=1S/C20H26F3NO3/c1-2-3-8-19(26)11-9-18(10-12-19)13-14-24(17(18)25)15-4-6-16(7-5-15)27-20(21,22)23/h4-7,26H,2-3,8-14H2,1H3/t18-,19-. The molecule has 0 bridgehead atoms.